The van der Waals surface area contributed by atoms with Crippen LogP contribution in [0.25, 0.3) is 0 Å². The number of nitro groups is 1. The van der Waals surface area contributed by atoms with E-state index in [1.54, 1.807) is 0 Å². The van der Waals surface area contributed by atoms with Crippen LogP contribution in [-0.2, 0) is 9.84 Å². The molecule has 2 aromatic rings. The second kappa shape index (κ2) is 5.44. The van der Waals surface area contributed by atoms with Crippen LogP contribution in [0.15, 0.2) is 41.4 Å². The molecule has 0 unspecified atom stereocenters. The Balaban J connectivity index is 2.26. The summed E-state index contributed by atoms with van der Waals surface area (Å²) in [4.78, 5) is 23.3. The summed E-state index contributed by atoms with van der Waals surface area (Å²) in [5.74, 6) is -2.82. The highest BCUT2D eigenvalue weighted by Crippen LogP contribution is 2.18. The molecule has 0 bridgehead atoms. The first-order valence-electron chi connectivity index (χ1n) is 5.64. The Labute approximate surface area is 118 Å². The smallest absolute Gasteiger partial charge is 0.287 e. The van der Waals surface area contributed by atoms with Gasteiger partial charge in [0.2, 0.25) is 0 Å². The number of halogens is 1. The van der Waals surface area contributed by atoms with Gasteiger partial charge in [-0.05, 0) is 12.1 Å². The maximum Gasteiger partial charge on any atom is 0.287 e. The number of ketones is 1. The number of aromatic amines is 1. The lowest BCUT2D eigenvalue weighted by atomic mass is 10.3. The molecule has 0 aliphatic heterocycles. The molecular weight excluding hydrogens is 303 g/mol. The summed E-state index contributed by atoms with van der Waals surface area (Å²) in [5, 5.41) is 10.5. The van der Waals surface area contributed by atoms with Gasteiger partial charge in [-0.15, -0.1) is 0 Å². The molecule has 0 fully saturated rings. The number of aromatic nitrogens is 1. The summed E-state index contributed by atoms with van der Waals surface area (Å²) in [7, 11) is -4.16. The van der Waals surface area contributed by atoms with E-state index >= 15 is 0 Å². The van der Waals surface area contributed by atoms with E-state index in [-0.39, 0.29) is 11.4 Å². The van der Waals surface area contributed by atoms with Crippen LogP contribution in [0.4, 0.5) is 10.1 Å². The summed E-state index contributed by atoms with van der Waals surface area (Å²) in [6.45, 7) is 0. The molecule has 2 rings (SSSR count). The van der Waals surface area contributed by atoms with Crippen molar-refractivity contribution in [3.8, 4) is 0 Å². The minimum atomic E-state index is -4.16. The van der Waals surface area contributed by atoms with E-state index in [0.717, 1.165) is 24.4 Å². The topological polar surface area (TPSA) is 110 Å². The van der Waals surface area contributed by atoms with Crippen LogP contribution in [-0.4, -0.2) is 29.9 Å². The first kappa shape index (κ1) is 14.9. The van der Waals surface area contributed by atoms with E-state index in [0.29, 0.717) is 0 Å². The van der Waals surface area contributed by atoms with Gasteiger partial charge >= 0.3 is 0 Å². The number of H-pyrrole nitrogens is 1. The Morgan fingerprint density at radius 3 is 2.57 bits per heavy atom. The number of hydrogen-bond donors (Lipinski definition) is 1. The third-order valence-corrected chi connectivity index (χ3v) is 4.32. The van der Waals surface area contributed by atoms with Crippen molar-refractivity contribution < 1.29 is 22.5 Å². The molecule has 1 aromatic carbocycles. The molecule has 1 aromatic heterocycles. The van der Waals surface area contributed by atoms with E-state index in [9.17, 15) is 27.7 Å². The van der Waals surface area contributed by atoms with Crippen LogP contribution in [0, 0.1) is 15.9 Å². The van der Waals surface area contributed by atoms with Crippen LogP contribution >= 0.6 is 0 Å². The number of hydrogen-bond acceptors (Lipinski definition) is 5. The Bertz CT molecular complexity index is 813. The van der Waals surface area contributed by atoms with Gasteiger partial charge in [-0.1, -0.05) is 12.1 Å². The SMILES string of the molecule is O=C(CS(=O)(=O)c1ccccc1F)c1cc([N+](=O)[O-])c[nH]1. The molecule has 0 spiro atoms. The Morgan fingerprint density at radius 1 is 1.33 bits per heavy atom. The predicted octanol–water partition coefficient (Wildman–Crippen LogP) is 1.72. The molecule has 0 saturated carbocycles. The van der Waals surface area contributed by atoms with E-state index in [1.807, 2.05) is 0 Å². The number of nitrogens with one attached hydrogen (secondary N) is 1. The van der Waals surface area contributed by atoms with Crippen molar-refractivity contribution in [2.75, 3.05) is 5.75 Å². The van der Waals surface area contributed by atoms with Gasteiger partial charge in [0, 0.05) is 6.07 Å². The molecule has 110 valence electrons. The zero-order chi connectivity index (χ0) is 15.6. The molecule has 1 N–H and O–H groups in total. The summed E-state index contributed by atoms with van der Waals surface area (Å²) >= 11 is 0. The van der Waals surface area contributed by atoms with Gasteiger partial charge in [0.05, 0.1) is 16.8 Å². The maximum absolute atomic E-state index is 13.5. The number of nitrogens with zero attached hydrogens (tertiary/aromatic N) is 1. The first-order valence-corrected chi connectivity index (χ1v) is 7.30. The number of carbonyl (C=O) groups is 1. The van der Waals surface area contributed by atoms with Crippen molar-refractivity contribution in [2.24, 2.45) is 0 Å². The second-order valence-corrected chi connectivity index (χ2v) is 6.10. The van der Waals surface area contributed by atoms with E-state index in [4.69, 9.17) is 0 Å². The van der Waals surface area contributed by atoms with Crippen molar-refractivity contribution >= 4 is 21.3 Å². The van der Waals surface area contributed by atoms with E-state index < -0.39 is 37.0 Å². The molecule has 1 heterocycles. The highest BCUT2D eigenvalue weighted by atomic mass is 32.2. The predicted molar refractivity (Wildman–Crippen MR) is 70.2 cm³/mol. The molecule has 9 heteroatoms. The number of benzene rings is 1. The second-order valence-electron chi connectivity index (χ2n) is 4.14. The monoisotopic (exact) mass is 312 g/mol. The van der Waals surface area contributed by atoms with Crippen LogP contribution < -0.4 is 0 Å². The van der Waals surface area contributed by atoms with Gasteiger partial charge in [0.15, 0.2) is 15.6 Å². The highest BCUT2D eigenvalue weighted by molar-refractivity contribution is 7.92. The van der Waals surface area contributed by atoms with Crippen molar-refractivity contribution in [3.05, 3.63) is 58.2 Å². The molecule has 0 saturated heterocycles. The minimum absolute atomic E-state index is 0.221. The van der Waals surface area contributed by atoms with Crippen LogP contribution in [0.2, 0.25) is 0 Å². The fraction of sp³-hybridized carbons (Fsp3) is 0.0833. The molecule has 0 radical (unpaired) electrons. The largest absolute Gasteiger partial charge is 0.353 e. The molecule has 0 amide bonds. The van der Waals surface area contributed by atoms with Crippen molar-refractivity contribution in [1.82, 2.24) is 4.98 Å². The van der Waals surface area contributed by atoms with E-state index in [1.165, 1.54) is 12.1 Å². The highest BCUT2D eigenvalue weighted by Gasteiger charge is 2.25. The molecule has 7 nitrogen and oxygen atoms in total. The van der Waals surface area contributed by atoms with Gasteiger partial charge in [0.25, 0.3) is 5.69 Å². The lowest BCUT2D eigenvalue weighted by Gasteiger charge is -2.03. The standard InChI is InChI=1S/C12H9FN2O5S/c13-9-3-1-2-4-12(9)21(19,20)7-11(16)10-5-8(6-14-10)15(17)18/h1-6,14H,7H2. The molecule has 0 atom stereocenters. The van der Waals surface area contributed by atoms with Gasteiger partial charge in [-0.2, -0.15) is 0 Å². The average Bonchev–Trinajstić information content (AvgIpc) is 2.88. The van der Waals surface area contributed by atoms with Crippen LogP contribution in [0.3, 0.4) is 0 Å². The lowest BCUT2D eigenvalue weighted by Crippen LogP contribution is -2.17. The quantitative estimate of drug-likeness (QED) is 0.513. The van der Waals surface area contributed by atoms with Crippen LogP contribution in [0.1, 0.15) is 10.5 Å². The minimum Gasteiger partial charge on any atom is -0.353 e. The van der Waals surface area contributed by atoms with Crippen molar-refractivity contribution in [1.29, 1.82) is 0 Å². The van der Waals surface area contributed by atoms with Gasteiger partial charge in [-0.25, -0.2) is 12.8 Å². The summed E-state index contributed by atoms with van der Waals surface area (Å²) in [6.07, 6.45) is 0.975. The van der Waals surface area contributed by atoms with Crippen molar-refractivity contribution in [3.63, 3.8) is 0 Å². The number of Topliss-reactive ketones (excluding diaryl/α,β-unsaturated/α-hetero) is 1. The molecule has 0 aliphatic rings. The number of sulfone groups is 1. The Kier molecular flexibility index (Phi) is 3.85. The van der Waals surface area contributed by atoms with Crippen LogP contribution in [0.5, 0.6) is 0 Å². The molecule has 0 aliphatic carbocycles. The van der Waals surface area contributed by atoms with Gasteiger partial charge in [-0.3, -0.25) is 14.9 Å². The fourth-order valence-corrected chi connectivity index (χ4v) is 2.98. The van der Waals surface area contributed by atoms with Gasteiger partial charge < -0.3 is 4.98 Å². The zero-order valence-electron chi connectivity index (χ0n) is 10.4. The summed E-state index contributed by atoms with van der Waals surface area (Å²) in [6, 6.07) is 5.61. The van der Waals surface area contributed by atoms with E-state index in [2.05, 4.69) is 4.98 Å². The zero-order valence-corrected chi connectivity index (χ0v) is 11.3. The Hall–Kier alpha value is -2.55. The maximum atomic E-state index is 13.5. The first-order chi connectivity index (χ1) is 9.81. The number of carbonyl (C=O) groups excluding carboxylic acids is 1. The molecular formula is C12H9FN2O5S. The third-order valence-electron chi connectivity index (χ3n) is 2.67. The van der Waals surface area contributed by atoms with Crippen molar-refractivity contribution in [2.45, 2.75) is 4.90 Å². The fourth-order valence-electron chi connectivity index (χ4n) is 1.67. The summed E-state index contributed by atoms with van der Waals surface area (Å²) < 4.78 is 37.4. The Morgan fingerprint density at radius 2 is 2.00 bits per heavy atom. The number of rotatable bonds is 5. The average molecular weight is 312 g/mol. The lowest BCUT2D eigenvalue weighted by molar-refractivity contribution is -0.384. The third kappa shape index (κ3) is 3.14. The normalized spacial score (nSPS) is 11.3. The molecule has 21 heavy (non-hydrogen) atoms. The van der Waals surface area contributed by atoms with Gasteiger partial charge in [0.1, 0.15) is 16.5 Å². The summed E-state index contributed by atoms with van der Waals surface area (Å²) in [5.41, 5.74) is -0.580.